The van der Waals surface area contributed by atoms with Crippen LogP contribution in [-0.2, 0) is 4.79 Å². The summed E-state index contributed by atoms with van der Waals surface area (Å²) in [4.78, 5) is 36.2. The maximum Gasteiger partial charge on any atom is 0.262 e. The molecule has 1 atom stereocenters. The standard InChI is InChI=1S/C25H22N4O2S/c30-24(21-9-5-15-32-21)28-22(18-6-2-1-3-7-18)25(31)29-13-10-17(11-14-29)20-16-27-23-19(20)8-4-12-26-23/h1-10,12,15-16,22H,11,13-14H2,(H,26,27)(H,28,30). The van der Waals surface area contributed by atoms with E-state index in [0.29, 0.717) is 18.0 Å². The Bertz CT molecular complexity index is 1280. The largest absolute Gasteiger partial charge is 0.346 e. The van der Waals surface area contributed by atoms with Gasteiger partial charge in [0, 0.05) is 36.4 Å². The van der Waals surface area contributed by atoms with Crippen molar-refractivity contribution in [1.82, 2.24) is 20.2 Å². The summed E-state index contributed by atoms with van der Waals surface area (Å²) in [6.07, 6.45) is 6.59. The van der Waals surface area contributed by atoms with Gasteiger partial charge in [-0.15, -0.1) is 11.3 Å². The summed E-state index contributed by atoms with van der Waals surface area (Å²) in [6, 6.07) is 16.3. The predicted molar refractivity (Wildman–Crippen MR) is 126 cm³/mol. The third-order valence-electron chi connectivity index (χ3n) is 5.72. The number of nitrogens with one attached hydrogen (secondary N) is 2. The highest BCUT2D eigenvalue weighted by Gasteiger charge is 2.29. The number of nitrogens with zero attached hydrogens (tertiary/aromatic N) is 2. The van der Waals surface area contributed by atoms with Crippen LogP contribution in [0.25, 0.3) is 16.6 Å². The number of carbonyl (C=O) groups excluding carboxylic acids is 2. The summed E-state index contributed by atoms with van der Waals surface area (Å²) in [5.41, 5.74) is 3.97. The maximum absolute atomic E-state index is 13.5. The first-order valence-electron chi connectivity index (χ1n) is 10.5. The topological polar surface area (TPSA) is 78.1 Å². The summed E-state index contributed by atoms with van der Waals surface area (Å²) >= 11 is 1.36. The summed E-state index contributed by atoms with van der Waals surface area (Å²) in [5, 5.41) is 5.88. The first kappa shape index (κ1) is 20.2. The smallest absolute Gasteiger partial charge is 0.262 e. The second kappa shape index (κ2) is 8.80. The molecule has 0 aliphatic carbocycles. The number of rotatable bonds is 5. The van der Waals surface area contributed by atoms with Crippen LogP contribution >= 0.6 is 11.3 Å². The van der Waals surface area contributed by atoms with Crippen LogP contribution in [0.5, 0.6) is 0 Å². The molecule has 1 aliphatic heterocycles. The van der Waals surface area contributed by atoms with Crippen molar-refractivity contribution >= 4 is 39.8 Å². The van der Waals surface area contributed by atoms with Gasteiger partial charge in [0.25, 0.3) is 5.91 Å². The van der Waals surface area contributed by atoms with Gasteiger partial charge in [-0.1, -0.05) is 42.5 Å². The highest BCUT2D eigenvalue weighted by Crippen LogP contribution is 2.29. The molecule has 0 saturated carbocycles. The molecule has 7 heteroatoms. The number of amides is 2. The lowest BCUT2D eigenvalue weighted by molar-refractivity contribution is -0.133. The molecule has 1 aliphatic rings. The molecule has 1 aromatic carbocycles. The zero-order valence-corrected chi connectivity index (χ0v) is 18.1. The van der Waals surface area contributed by atoms with Crippen molar-refractivity contribution in [3.63, 3.8) is 0 Å². The molecule has 1 unspecified atom stereocenters. The molecule has 0 spiro atoms. The Morgan fingerprint density at radius 1 is 1.09 bits per heavy atom. The van der Waals surface area contributed by atoms with Gasteiger partial charge in [-0.05, 0) is 41.1 Å². The van der Waals surface area contributed by atoms with E-state index in [4.69, 9.17) is 0 Å². The summed E-state index contributed by atoms with van der Waals surface area (Å²) in [6.45, 7) is 1.09. The number of fused-ring (bicyclic) bond motifs is 1. The Kier molecular flexibility index (Phi) is 5.56. The molecule has 6 nitrogen and oxygen atoms in total. The van der Waals surface area contributed by atoms with E-state index in [1.54, 1.807) is 12.3 Å². The number of hydrogen-bond donors (Lipinski definition) is 2. The third kappa shape index (κ3) is 3.94. The van der Waals surface area contributed by atoms with Crippen LogP contribution in [0.2, 0.25) is 0 Å². The van der Waals surface area contributed by atoms with Gasteiger partial charge in [-0.2, -0.15) is 0 Å². The number of benzene rings is 1. The summed E-state index contributed by atoms with van der Waals surface area (Å²) < 4.78 is 0. The van der Waals surface area contributed by atoms with Gasteiger partial charge in [0.2, 0.25) is 5.91 Å². The first-order valence-corrected chi connectivity index (χ1v) is 11.4. The van der Waals surface area contributed by atoms with E-state index < -0.39 is 6.04 Å². The number of aromatic nitrogens is 2. The minimum Gasteiger partial charge on any atom is -0.346 e. The highest BCUT2D eigenvalue weighted by atomic mass is 32.1. The Labute approximate surface area is 189 Å². The van der Waals surface area contributed by atoms with E-state index in [0.717, 1.165) is 28.6 Å². The van der Waals surface area contributed by atoms with Crippen LogP contribution in [-0.4, -0.2) is 39.8 Å². The maximum atomic E-state index is 13.5. The van der Waals surface area contributed by atoms with E-state index in [9.17, 15) is 9.59 Å². The average molecular weight is 443 g/mol. The molecule has 0 radical (unpaired) electrons. The molecule has 5 rings (SSSR count). The van der Waals surface area contributed by atoms with E-state index in [1.807, 2.05) is 58.9 Å². The monoisotopic (exact) mass is 442 g/mol. The fourth-order valence-electron chi connectivity index (χ4n) is 4.06. The van der Waals surface area contributed by atoms with Crippen molar-refractivity contribution in [1.29, 1.82) is 0 Å². The lowest BCUT2D eigenvalue weighted by Gasteiger charge is -2.30. The molecule has 2 amide bonds. The molecule has 4 heterocycles. The van der Waals surface area contributed by atoms with Crippen LogP contribution in [0.3, 0.4) is 0 Å². The summed E-state index contributed by atoms with van der Waals surface area (Å²) in [7, 11) is 0. The van der Waals surface area contributed by atoms with Gasteiger partial charge in [0.15, 0.2) is 0 Å². The Hall–Kier alpha value is -3.71. The number of aromatic amines is 1. The zero-order chi connectivity index (χ0) is 21.9. The molecule has 32 heavy (non-hydrogen) atoms. The lowest BCUT2D eigenvalue weighted by Crippen LogP contribution is -2.44. The van der Waals surface area contributed by atoms with Crippen LogP contribution in [0.4, 0.5) is 0 Å². The first-order chi connectivity index (χ1) is 15.7. The van der Waals surface area contributed by atoms with E-state index in [-0.39, 0.29) is 11.8 Å². The van der Waals surface area contributed by atoms with Gasteiger partial charge < -0.3 is 15.2 Å². The Morgan fingerprint density at radius 3 is 2.72 bits per heavy atom. The van der Waals surface area contributed by atoms with Crippen molar-refractivity contribution in [3.8, 4) is 0 Å². The van der Waals surface area contributed by atoms with Crippen LogP contribution < -0.4 is 5.32 Å². The van der Waals surface area contributed by atoms with Crippen LogP contribution in [0.1, 0.15) is 33.3 Å². The quantitative estimate of drug-likeness (QED) is 0.481. The fraction of sp³-hybridized carbons (Fsp3) is 0.160. The second-order valence-corrected chi connectivity index (χ2v) is 8.61. The van der Waals surface area contributed by atoms with Crippen LogP contribution in [0.15, 0.2) is 78.4 Å². The molecule has 3 aromatic heterocycles. The number of pyridine rings is 1. The minimum absolute atomic E-state index is 0.100. The molecule has 160 valence electrons. The molecule has 0 saturated heterocycles. The van der Waals surface area contributed by atoms with Crippen LogP contribution in [0, 0.1) is 0 Å². The zero-order valence-electron chi connectivity index (χ0n) is 17.3. The number of H-pyrrole nitrogens is 1. The van der Waals surface area contributed by atoms with Crippen molar-refractivity contribution in [3.05, 3.63) is 94.5 Å². The second-order valence-electron chi connectivity index (χ2n) is 7.66. The third-order valence-corrected chi connectivity index (χ3v) is 6.59. The van der Waals surface area contributed by atoms with Gasteiger partial charge in [0.1, 0.15) is 11.7 Å². The lowest BCUT2D eigenvalue weighted by atomic mass is 9.98. The van der Waals surface area contributed by atoms with Crippen molar-refractivity contribution in [2.45, 2.75) is 12.5 Å². The van der Waals surface area contributed by atoms with Crippen molar-refractivity contribution in [2.75, 3.05) is 13.1 Å². The highest BCUT2D eigenvalue weighted by molar-refractivity contribution is 7.12. The average Bonchev–Trinajstić information content (AvgIpc) is 3.53. The number of thiophene rings is 1. The molecular formula is C25H22N4O2S. The fourth-order valence-corrected chi connectivity index (χ4v) is 4.69. The van der Waals surface area contributed by atoms with Crippen molar-refractivity contribution in [2.24, 2.45) is 0 Å². The van der Waals surface area contributed by atoms with Gasteiger partial charge in [0.05, 0.1) is 4.88 Å². The SMILES string of the molecule is O=C(NC(C(=O)N1CC=C(c2c[nH]c3ncccc23)CC1)c1ccccc1)c1cccs1. The molecule has 0 bridgehead atoms. The van der Waals surface area contributed by atoms with E-state index in [1.165, 1.54) is 16.9 Å². The predicted octanol–water partition coefficient (Wildman–Crippen LogP) is 4.41. The molecule has 0 fully saturated rings. The molecule has 4 aromatic rings. The Balaban J connectivity index is 1.36. The summed E-state index contributed by atoms with van der Waals surface area (Å²) in [5.74, 6) is -0.335. The normalized spacial score (nSPS) is 14.8. The molecule has 2 N–H and O–H groups in total. The molecular weight excluding hydrogens is 420 g/mol. The number of hydrogen-bond acceptors (Lipinski definition) is 4. The van der Waals surface area contributed by atoms with Crippen molar-refractivity contribution < 1.29 is 9.59 Å². The van der Waals surface area contributed by atoms with E-state index >= 15 is 0 Å². The number of carbonyl (C=O) groups is 2. The van der Waals surface area contributed by atoms with Gasteiger partial charge in [-0.25, -0.2) is 4.98 Å². The minimum atomic E-state index is -0.724. The van der Waals surface area contributed by atoms with Gasteiger partial charge >= 0.3 is 0 Å². The van der Waals surface area contributed by atoms with E-state index in [2.05, 4.69) is 27.4 Å². The van der Waals surface area contributed by atoms with Gasteiger partial charge in [-0.3, -0.25) is 9.59 Å². The Morgan fingerprint density at radius 2 is 1.97 bits per heavy atom.